The van der Waals surface area contributed by atoms with Gasteiger partial charge in [-0.05, 0) is 43.9 Å². The number of aromatic nitrogens is 2. The first kappa shape index (κ1) is 29.1. The average molecular weight is 634 g/mol. The molecule has 0 spiro atoms. The van der Waals surface area contributed by atoms with Gasteiger partial charge in [-0.1, -0.05) is 34.7 Å². The van der Waals surface area contributed by atoms with E-state index in [1.165, 1.54) is 36.6 Å². The van der Waals surface area contributed by atoms with Crippen molar-refractivity contribution in [2.24, 2.45) is 0 Å². The standard InChI is InChI=1S/C31H28F5N3O4S/c1-41-28(40)17-10-23(32)26-24(11-17)44-29(37-26)39-18-8-9-19(39)13-30(33,12-18)15-42-14-21-25(38-43-27(21)16-6-7-16)20-4-2-3-5-22(20)31(34,35)36/h2-5,10-11,16,18-19H,6-9,12-15H2,1H3. The molecular formula is C31H28F5N3O4S. The molecule has 2 atom stereocenters. The monoisotopic (exact) mass is 633 g/mol. The molecule has 4 aromatic rings. The van der Waals surface area contributed by atoms with Gasteiger partial charge in [-0.15, -0.1) is 0 Å². The Kier molecular flexibility index (Phi) is 7.15. The van der Waals surface area contributed by atoms with E-state index in [4.69, 9.17) is 14.0 Å². The molecule has 0 N–H and O–H groups in total. The number of methoxy groups -OCH3 is 1. The highest BCUT2D eigenvalue weighted by atomic mass is 32.1. The molecule has 2 aromatic carbocycles. The van der Waals surface area contributed by atoms with E-state index < -0.39 is 29.2 Å². The van der Waals surface area contributed by atoms with Crippen LogP contribution in [-0.4, -0.2) is 47.6 Å². The topological polar surface area (TPSA) is 77.7 Å². The van der Waals surface area contributed by atoms with Gasteiger partial charge in [-0.3, -0.25) is 0 Å². The number of benzene rings is 2. The summed E-state index contributed by atoms with van der Waals surface area (Å²) in [5.74, 6) is -0.709. The molecule has 232 valence electrons. The van der Waals surface area contributed by atoms with Gasteiger partial charge in [0, 0.05) is 42.0 Å². The number of carbonyl (C=O) groups is 1. The lowest BCUT2D eigenvalue weighted by Gasteiger charge is -2.42. The summed E-state index contributed by atoms with van der Waals surface area (Å²) in [7, 11) is 1.23. The number of hydrogen-bond acceptors (Lipinski definition) is 8. The second-order valence-corrected chi connectivity index (χ2v) is 12.8. The van der Waals surface area contributed by atoms with Crippen LogP contribution >= 0.6 is 11.3 Å². The lowest BCUT2D eigenvalue weighted by atomic mass is 9.88. The first-order valence-corrected chi connectivity index (χ1v) is 15.2. The van der Waals surface area contributed by atoms with Crippen LogP contribution in [0.4, 0.5) is 27.1 Å². The Hall–Kier alpha value is -3.58. The molecule has 4 heterocycles. The zero-order valence-electron chi connectivity index (χ0n) is 23.6. The van der Waals surface area contributed by atoms with Crippen molar-refractivity contribution in [1.29, 1.82) is 0 Å². The van der Waals surface area contributed by atoms with E-state index >= 15 is 4.39 Å². The summed E-state index contributed by atoms with van der Waals surface area (Å²) in [6, 6.07) is 7.48. The Morgan fingerprint density at radius 3 is 2.55 bits per heavy atom. The Bertz CT molecular complexity index is 1720. The number of esters is 1. The minimum Gasteiger partial charge on any atom is -0.465 e. The molecule has 1 saturated carbocycles. The fourth-order valence-corrected chi connectivity index (χ4v) is 7.82. The molecule has 0 amide bonds. The van der Waals surface area contributed by atoms with Crippen LogP contribution in [0.1, 0.15) is 71.7 Å². The zero-order chi connectivity index (χ0) is 30.8. The maximum Gasteiger partial charge on any atom is 0.417 e. The quantitative estimate of drug-likeness (QED) is 0.145. The van der Waals surface area contributed by atoms with Gasteiger partial charge in [-0.25, -0.2) is 18.6 Å². The summed E-state index contributed by atoms with van der Waals surface area (Å²) < 4.78 is 89.1. The second kappa shape index (κ2) is 10.8. The number of alkyl halides is 4. The largest absolute Gasteiger partial charge is 0.465 e. The summed E-state index contributed by atoms with van der Waals surface area (Å²) in [5, 5.41) is 4.58. The Labute approximate surface area is 252 Å². The normalized spacial score (nSPS) is 23.5. The lowest BCUT2D eigenvalue weighted by Crippen LogP contribution is -2.51. The van der Waals surface area contributed by atoms with Gasteiger partial charge >= 0.3 is 12.1 Å². The van der Waals surface area contributed by atoms with Crippen LogP contribution in [0, 0.1) is 5.82 Å². The molecule has 3 fully saturated rings. The molecule has 7 rings (SSSR count). The number of thiazole rings is 1. The van der Waals surface area contributed by atoms with Gasteiger partial charge in [0.1, 0.15) is 22.6 Å². The van der Waals surface area contributed by atoms with Gasteiger partial charge in [0.15, 0.2) is 10.9 Å². The fraction of sp³-hybridized carbons (Fsp3) is 0.452. The lowest BCUT2D eigenvalue weighted by molar-refractivity contribution is -0.137. The molecule has 2 saturated heterocycles. The third kappa shape index (κ3) is 5.23. The van der Waals surface area contributed by atoms with Crippen LogP contribution in [0.3, 0.4) is 0 Å². The van der Waals surface area contributed by atoms with Crippen LogP contribution in [-0.2, 0) is 22.3 Å². The fourth-order valence-electron chi connectivity index (χ4n) is 6.66. The predicted octanol–water partition coefficient (Wildman–Crippen LogP) is 7.83. The van der Waals surface area contributed by atoms with Gasteiger partial charge in [0.2, 0.25) is 0 Å². The first-order valence-electron chi connectivity index (χ1n) is 14.4. The summed E-state index contributed by atoms with van der Waals surface area (Å²) in [6.45, 7) is -0.359. The molecule has 0 radical (unpaired) electrons. The Balaban J connectivity index is 1.08. The molecule has 3 aliphatic rings. The minimum atomic E-state index is -4.58. The van der Waals surface area contributed by atoms with Crippen molar-refractivity contribution in [2.45, 2.75) is 75.0 Å². The molecule has 2 aliphatic heterocycles. The van der Waals surface area contributed by atoms with E-state index in [2.05, 4.69) is 15.0 Å². The minimum absolute atomic E-state index is 0.0636. The molecule has 44 heavy (non-hydrogen) atoms. The van der Waals surface area contributed by atoms with Crippen molar-refractivity contribution >= 4 is 32.7 Å². The SMILES string of the molecule is COC(=O)c1cc(F)c2nc(N3C4CCC3CC(F)(COCc3c(-c5ccccc5C(F)(F)F)noc3C3CC3)C4)sc2c1. The number of piperidine rings is 1. The number of carbonyl (C=O) groups excluding carboxylic acids is 1. The van der Waals surface area contributed by atoms with Crippen LogP contribution in [0.2, 0.25) is 0 Å². The van der Waals surface area contributed by atoms with Crippen molar-refractivity contribution in [2.75, 3.05) is 18.6 Å². The zero-order valence-corrected chi connectivity index (χ0v) is 24.4. The number of hydrogen-bond donors (Lipinski definition) is 0. The van der Waals surface area contributed by atoms with Crippen molar-refractivity contribution in [3.05, 3.63) is 64.7 Å². The Morgan fingerprint density at radius 1 is 1.14 bits per heavy atom. The summed E-state index contributed by atoms with van der Waals surface area (Å²) in [5.41, 5.74) is -1.83. The van der Waals surface area contributed by atoms with Crippen LogP contribution < -0.4 is 4.90 Å². The van der Waals surface area contributed by atoms with Crippen molar-refractivity contribution in [3.8, 4) is 11.3 Å². The third-order valence-corrected chi connectivity index (χ3v) is 9.78. The summed E-state index contributed by atoms with van der Waals surface area (Å²) in [6.07, 6.45) is -1.10. The summed E-state index contributed by atoms with van der Waals surface area (Å²) in [4.78, 5) is 18.5. The summed E-state index contributed by atoms with van der Waals surface area (Å²) >= 11 is 1.25. The highest BCUT2D eigenvalue weighted by Crippen LogP contribution is 2.48. The number of nitrogens with zero attached hydrogens (tertiary/aromatic N) is 3. The van der Waals surface area contributed by atoms with Crippen molar-refractivity contribution in [3.63, 3.8) is 0 Å². The molecule has 2 unspecified atom stereocenters. The van der Waals surface area contributed by atoms with E-state index in [9.17, 15) is 22.4 Å². The van der Waals surface area contributed by atoms with Crippen molar-refractivity contribution in [1.82, 2.24) is 10.1 Å². The van der Waals surface area contributed by atoms with Gasteiger partial charge in [0.05, 0.1) is 36.2 Å². The number of ether oxygens (including phenoxy) is 2. The van der Waals surface area contributed by atoms with Crippen molar-refractivity contribution < 1.29 is 40.7 Å². The van der Waals surface area contributed by atoms with E-state index in [-0.39, 0.29) is 66.4 Å². The van der Waals surface area contributed by atoms with Gasteiger partial charge < -0.3 is 18.9 Å². The van der Waals surface area contributed by atoms with E-state index in [0.29, 0.717) is 21.2 Å². The number of anilines is 1. The average Bonchev–Trinajstić information content (AvgIpc) is 3.49. The maximum absolute atomic E-state index is 16.3. The van der Waals surface area contributed by atoms with Crippen LogP contribution in [0.25, 0.3) is 21.5 Å². The Morgan fingerprint density at radius 2 is 1.86 bits per heavy atom. The third-order valence-electron chi connectivity index (χ3n) is 8.76. The highest BCUT2D eigenvalue weighted by Gasteiger charge is 2.50. The van der Waals surface area contributed by atoms with Gasteiger partial charge in [-0.2, -0.15) is 13.2 Å². The predicted molar refractivity (Wildman–Crippen MR) is 152 cm³/mol. The number of fused-ring (bicyclic) bond motifs is 3. The molecule has 7 nitrogen and oxygen atoms in total. The van der Waals surface area contributed by atoms with Crippen LogP contribution in [0.15, 0.2) is 40.9 Å². The van der Waals surface area contributed by atoms with Crippen LogP contribution in [0.5, 0.6) is 0 Å². The molecule has 2 bridgehead atoms. The molecular weight excluding hydrogens is 605 g/mol. The van der Waals surface area contributed by atoms with E-state index in [1.54, 1.807) is 6.07 Å². The van der Waals surface area contributed by atoms with E-state index in [1.807, 2.05) is 0 Å². The second-order valence-electron chi connectivity index (χ2n) is 11.8. The maximum atomic E-state index is 16.3. The number of halogens is 5. The van der Waals surface area contributed by atoms with E-state index in [0.717, 1.165) is 37.8 Å². The molecule has 2 aromatic heterocycles. The number of rotatable bonds is 8. The highest BCUT2D eigenvalue weighted by molar-refractivity contribution is 7.22. The molecule has 1 aliphatic carbocycles. The first-order chi connectivity index (χ1) is 21.0. The smallest absolute Gasteiger partial charge is 0.417 e. The molecule has 13 heteroatoms. The van der Waals surface area contributed by atoms with Gasteiger partial charge in [0.25, 0.3) is 0 Å².